The number of hydrogen-bond donors (Lipinski definition) is 1. The molecule has 0 aliphatic carbocycles. The van der Waals surface area contributed by atoms with Crippen molar-refractivity contribution in [3.05, 3.63) is 15.3 Å². The average molecular weight is 142 g/mol. The molecule has 0 rings (SSSR count). The van der Waals surface area contributed by atoms with Gasteiger partial charge in [-0.3, -0.25) is 0 Å². The molecular formula is H4KN2NaO3. The van der Waals surface area contributed by atoms with Crippen molar-refractivity contribution in [3.8, 4) is 0 Å². The van der Waals surface area contributed by atoms with Crippen LogP contribution < -0.4 is 87.1 Å². The van der Waals surface area contributed by atoms with Gasteiger partial charge >= 0.3 is 80.9 Å². The van der Waals surface area contributed by atoms with E-state index in [4.69, 9.17) is 15.3 Å². The van der Waals surface area contributed by atoms with E-state index in [1.54, 1.807) is 0 Å². The van der Waals surface area contributed by atoms with Crippen LogP contribution in [-0.4, -0.2) is 5.09 Å². The summed E-state index contributed by atoms with van der Waals surface area (Å²) in [6.45, 7) is 0. The van der Waals surface area contributed by atoms with Crippen molar-refractivity contribution in [3.63, 3.8) is 0 Å². The van der Waals surface area contributed by atoms with Gasteiger partial charge in [0.2, 0.25) is 0 Å². The van der Waals surface area contributed by atoms with Gasteiger partial charge in [-0.2, -0.15) is 0 Å². The summed E-state index contributed by atoms with van der Waals surface area (Å²) in [5.41, 5.74) is 0. The van der Waals surface area contributed by atoms with Crippen LogP contribution >= 0.6 is 0 Å². The van der Waals surface area contributed by atoms with Gasteiger partial charge < -0.3 is 22.9 Å². The molecule has 34 valence electrons. The van der Waals surface area contributed by atoms with Gasteiger partial charge in [-0.1, -0.05) is 0 Å². The SMILES string of the molecule is N.O=[N+]([O-])[O-].[H-].[K+].[Na+]. The van der Waals surface area contributed by atoms with Crippen molar-refractivity contribution < 1.29 is 87.5 Å². The molecule has 0 radical (unpaired) electrons. The summed E-state index contributed by atoms with van der Waals surface area (Å²) in [7, 11) is 0. The van der Waals surface area contributed by atoms with Gasteiger partial charge in [0.1, 0.15) is 0 Å². The van der Waals surface area contributed by atoms with E-state index in [0.717, 1.165) is 0 Å². The molecule has 0 aliphatic heterocycles. The van der Waals surface area contributed by atoms with Gasteiger partial charge in [-0.15, -0.1) is 0 Å². The summed E-state index contributed by atoms with van der Waals surface area (Å²) in [6.07, 6.45) is 0. The molecule has 0 heterocycles. The Hall–Kier alpha value is 1.80. The van der Waals surface area contributed by atoms with Crippen LogP contribution in [0, 0.1) is 15.3 Å². The molecule has 0 bridgehead atoms. The third-order valence-corrected chi connectivity index (χ3v) is 0. The van der Waals surface area contributed by atoms with Crippen LogP contribution in [0.15, 0.2) is 0 Å². The van der Waals surface area contributed by atoms with E-state index in [-0.39, 0.29) is 88.5 Å². The van der Waals surface area contributed by atoms with Gasteiger partial charge in [0.05, 0.1) is 5.09 Å². The van der Waals surface area contributed by atoms with E-state index in [9.17, 15) is 0 Å². The van der Waals surface area contributed by atoms with E-state index in [2.05, 4.69) is 0 Å². The second-order valence-electron chi connectivity index (χ2n) is 0.224. The summed E-state index contributed by atoms with van der Waals surface area (Å²) in [5, 5.41) is 14.8. The van der Waals surface area contributed by atoms with Crippen molar-refractivity contribution in [1.82, 2.24) is 6.15 Å². The van der Waals surface area contributed by atoms with Crippen molar-refractivity contribution >= 4 is 0 Å². The number of rotatable bonds is 0. The smallest absolute Gasteiger partial charge is 1.00 e. The fraction of sp³-hybridized carbons (Fsp3) is 0. The average Bonchev–Trinajstić information content (AvgIpc) is 0.811. The molecule has 3 N–H and O–H groups in total. The monoisotopic (exact) mass is 142 g/mol. The summed E-state index contributed by atoms with van der Waals surface area (Å²) in [6, 6.07) is 0. The molecule has 0 saturated carbocycles. The molecule has 0 aromatic heterocycles. The van der Waals surface area contributed by atoms with Gasteiger partial charge in [0.15, 0.2) is 0 Å². The minimum atomic E-state index is -1.75. The third kappa shape index (κ3) is 81.2. The molecule has 5 nitrogen and oxygen atoms in total. The van der Waals surface area contributed by atoms with E-state index in [0.29, 0.717) is 0 Å². The first-order valence-electron chi connectivity index (χ1n) is 0.548. The summed E-state index contributed by atoms with van der Waals surface area (Å²) >= 11 is 0. The predicted octanol–water partition coefficient (Wildman–Crippen LogP) is -5.96. The maximum absolute atomic E-state index is 8.25. The molecule has 7 heteroatoms. The van der Waals surface area contributed by atoms with Crippen LogP contribution in [0.5, 0.6) is 0 Å². The molecule has 0 aromatic rings. The van der Waals surface area contributed by atoms with Gasteiger partial charge in [-0.05, 0) is 0 Å². The molecular weight excluding hydrogens is 138 g/mol. The molecule has 0 unspecified atom stereocenters. The third-order valence-electron chi connectivity index (χ3n) is 0. The summed E-state index contributed by atoms with van der Waals surface area (Å²) < 4.78 is 0. The Labute approximate surface area is 107 Å². The Morgan fingerprint density at radius 1 is 1.43 bits per heavy atom. The van der Waals surface area contributed by atoms with Crippen molar-refractivity contribution in [1.29, 1.82) is 0 Å². The fourth-order valence-electron chi connectivity index (χ4n) is 0. The Balaban J connectivity index is -0.00000000750. The molecule has 0 amide bonds. The van der Waals surface area contributed by atoms with E-state index in [1.165, 1.54) is 0 Å². The van der Waals surface area contributed by atoms with Crippen LogP contribution in [-0.2, 0) is 0 Å². The van der Waals surface area contributed by atoms with Crippen LogP contribution in [0.25, 0.3) is 0 Å². The molecule has 0 spiro atoms. The first kappa shape index (κ1) is 23.2. The first-order valence-corrected chi connectivity index (χ1v) is 0.548. The number of nitrogens with zero attached hydrogens (tertiary/aromatic N) is 1. The predicted molar refractivity (Wildman–Crippen MR) is 16.5 cm³/mol. The van der Waals surface area contributed by atoms with Crippen molar-refractivity contribution in [2.75, 3.05) is 0 Å². The zero-order chi connectivity index (χ0) is 3.58. The standard InChI is InChI=1S/K.NO3.H3N.Na.H/c;2-1(3)4;;;/h;;1H3;;/q+1;-1;;+1;-1. The van der Waals surface area contributed by atoms with Crippen molar-refractivity contribution in [2.24, 2.45) is 0 Å². The normalized spacial score (nSPS) is 3.43. The zero-order valence-corrected chi connectivity index (χ0v) is 9.50. The minimum Gasteiger partial charge on any atom is -1.00 e. The van der Waals surface area contributed by atoms with E-state index >= 15 is 0 Å². The van der Waals surface area contributed by atoms with Crippen LogP contribution in [0.1, 0.15) is 1.43 Å². The minimum absolute atomic E-state index is 0. The van der Waals surface area contributed by atoms with Gasteiger partial charge in [-0.25, -0.2) is 0 Å². The molecule has 0 aliphatic rings. The second kappa shape index (κ2) is 15.7. The quantitative estimate of drug-likeness (QED) is 0.207. The topological polar surface area (TPSA) is 101 Å². The fourth-order valence-corrected chi connectivity index (χ4v) is 0. The molecule has 0 fully saturated rings. The largest absolute Gasteiger partial charge is 1.00 e. The van der Waals surface area contributed by atoms with Crippen molar-refractivity contribution in [2.45, 2.75) is 0 Å². The molecule has 0 atom stereocenters. The molecule has 0 saturated heterocycles. The van der Waals surface area contributed by atoms with Gasteiger partial charge in [0.25, 0.3) is 0 Å². The Morgan fingerprint density at radius 2 is 1.43 bits per heavy atom. The zero-order valence-electron chi connectivity index (χ0n) is 5.38. The van der Waals surface area contributed by atoms with E-state index < -0.39 is 5.09 Å². The van der Waals surface area contributed by atoms with Crippen LogP contribution in [0.4, 0.5) is 0 Å². The maximum atomic E-state index is 8.25. The van der Waals surface area contributed by atoms with Crippen LogP contribution in [0.2, 0.25) is 0 Å². The summed E-state index contributed by atoms with van der Waals surface area (Å²) in [4.78, 5) is 8.25. The molecule has 7 heavy (non-hydrogen) atoms. The van der Waals surface area contributed by atoms with E-state index in [1.807, 2.05) is 0 Å². The summed E-state index contributed by atoms with van der Waals surface area (Å²) in [5.74, 6) is 0. The maximum Gasteiger partial charge on any atom is 1.00 e. The van der Waals surface area contributed by atoms with Gasteiger partial charge in [0, 0.05) is 0 Å². The Bertz CT molecular complexity index is 40.3. The second-order valence-corrected chi connectivity index (χ2v) is 0.224. The molecule has 0 aromatic carbocycles. The van der Waals surface area contributed by atoms with Crippen LogP contribution in [0.3, 0.4) is 0 Å². The Kier molecular flexibility index (Phi) is 52.0. The first-order chi connectivity index (χ1) is 1.73. The Morgan fingerprint density at radius 3 is 1.43 bits per heavy atom. The number of hydrogen-bond acceptors (Lipinski definition) is 4.